The molecular formula is C23H16F3NO4. The molecule has 4 rings (SSSR count). The van der Waals surface area contributed by atoms with Crippen molar-refractivity contribution in [2.24, 2.45) is 0 Å². The first-order valence-electron chi connectivity index (χ1n) is 9.30. The Labute approximate surface area is 175 Å². The minimum atomic E-state index is -4.54. The SMILES string of the molecule is O=C(C1=C(O)C(=O)N(Cc2cccc(C(F)(F)F)c2)C1c1ccccc1)c1ccco1. The number of amides is 1. The van der Waals surface area contributed by atoms with Gasteiger partial charge in [0.25, 0.3) is 5.91 Å². The molecule has 5 nitrogen and oxygen atoms in total. The Hall–Kier alpha value is -3.81. The Balaban J connectivity index is 1.76. The van der Waals surface area contributed by atoms with Gasteiger partial charge in [-0.25, -0.2) is 0 Å². The summed E-state index contributed by atoms with van der Waals surface area (Å²) >= 11 is 0. The van der Waals surface area contributed by atoms with Gasteiger partial charge in [-0.1, -0.05) is 42.5 Å². The lowest BCUT2D eigenvalue weighted by Crippen LogP contribution is -2.30. The highest BCUT2D eigenvalue weighted by atomic mass is 19.4. The van der Waals surface area contributed by atoms with Gasteiger partial charge in [-0.15, -0.1) is 0 Å². The third-order valence-corrected chi connectivity index (χ3v) is 5.02. The quantitative estimate of drug-likeness (QED) is 0.577. The molecule has 0 saturated heterocycles. The molecule has 158 valence electrons. The van der Waals surface area contributed by atoms with Crippen molar-refractivity contribution in [3.63, 3.8) is 0 Å². The van der Waals surface area contributed by atoms with E-state index in [0.29, 0.717) is 5.56 Å². The Bertz CT molecular complexity index is 1150. The van der Waals surface area contributed by atoms with E-state index in [1.165, 1.54) is 35.4 Å². The average molecular weight is 427 g/mol. The normalized spacial score (nSPS) is 16.8. The van der Waals surface area contributed by atoms with Crippen molar-refractivity contribution in [2.45, 2.75) is 18.8 Å². The number of furan rings is 1. The Morgan fingerprint density at radius 3 is 2.42 bits per heavy atom. The van der Waals surface area contributed by atoms with E-state index in [1.807, 2.05) is 0 Å². The first-order valence-corrected chi connectivity index (χ1v) is 9.30. The van der Waals surface area contributed by atoms with Crippen LogP contribution in [0.3, 0.4) is 0 Å². The van der Waals surface area contributed by atoms with Crippen LogP contribution in [0.15, 0.2) is 88.7 Å². The van der Waals surface area contributed by atoms with Crippen LogP contribution >= 0.6 is 0 Å². The van der Waals surface area contributed by atoms with Gasteiger partial charge >= 0.3 is 6.18 Å². The molecule has 31 heavy (non-hydrogen) atoms. The Kier molecular flexibility index (Phi) is 5.14. The number of carbonyl (C=O) groups excluding carboxylic acids is 2. The van der Waals surface area contributed by atoms with Crippen LogP contribution in [0, 0.1) is 0 Å². The van der Waals surface area contributed by atoms with Crippen molar-refractivity contribution in [3.05, 3.63) is 107 Å². The van der Waals surface area contributed by atoms with Crippen LogP contribution in [0.1, 0.15) is 33.3 Å². The number of Topliss-reactive ketones (excluding diaryl/α,β-unsaturated/α-hetero) is 1. The van der Waals surface area contributed by atoms with E-state index >= 15 is 0 Å². The highest BCUT2D eigenvalue weighted by Gasteiger charge is 2.44. The molecule has 2 aromatic carbocycles. The lowest BCUT2D eigenvalue weighted by atomic mass is 9.95. The number of ketones is 1. The zero-order valence-electron chi connectivity index (χ0n) is 16.0. The molecule has 1 aliphatic rings. The summed E-state index contributed by atoms with van der Waals surface area (Å²) < 4.78 is 44.4. The maximum Gasteiger partial charge on any atom is 0.416 e. The highest BCUT2D eigenvalue weighted by molar-refractivity contribution is 6.14. The summed E-state index contributed by atoms with van der Waals surface area (Å²) in [6, 6.07) is 15.0. The highest BCUT2D eigenvalue weighted by Crippen LogP contribution is 2.40. The zero-order chi connectivity index (χ0) is 22.2. The second-order valence-corrected chi connectivity index (χ2v) is 7.01. The van der Waals surface area contributed by atoms with Crippen molar-refractivity contribution in [3.8, 4) is 0 Å². The molecule has 0 fully saturated rings. The number of alkyl halides is 3. The molecule has 1 unspecified atom stereocenters. The van der Waals surface area contributed by atoms with Gasteiger partial charge in [0.05, 0.1) is 23.4 Å². The summed E-state index contributed by atoms with van der Waals surface area (Å²) in [7, 11) is 0. The molecular weight excluding hydrogens is 411 g/mol. The van der Waals surface area contributed by atoms with Crippen LogP contribution in [0.25, 0.3) is 0 Å². The standard InChI is InChI=1S/C23H16F3NO4/c24-23(25,26)16-9-4-6-14(12-16)13-27-19(15-7-2-1-3-8-15)18(21(29)22(27)30)20(28)17-10-5-11-31-17/h1-12,19,29H,13H2. The van der Waals surface area contributed by atoms with Crippen LogP contribution in [-0.4, -0.2) is 21.7 Å². The largest absolute Gasteiger partial charge is 0.503 e. The smallest absolute Gasteiger partial charge is 0.416 e. The van der Waals surface area contributed by atoms with E-state index in [2.05, 4.69) is 0 Å². The number of nitrogens with zero attached hydrogens (tertiary/aromatic N) is 1. The monoisotopic (exact) mass is 427 g/mol. The van der Waals surface area contributed by atoms with Gasteiger partial charge in [0.15, 0.2) is 11.5 Å². The summed E-state index contributed by atoms with van der Waals surface area (Å²) in [6.07, 6.45) is -3.25. The predicted octanol–water partition coefficient (Wildman–Crippen LogP) is 5.08. The fraction of sp³-hybridized carbons (Fsp3) is 0.130. The van der Waals surface area contributed by atoms with E-state index in [0.717, 1.165) is 12.1 Å². The topological polar surface area (TPSA) is 70.8 Å². The summed E-state index contributed by atoms with van der Waals surface area (Å²) in [4.78, 5) is 27.0. The van der Waals surface area contributed by atoms with Crippen molar-refractivity contribution in [2.75, 3.05) is 0 Å². The van der Waals surface area contributed by atoms with Gasteiger partial charge in [-0.3, -0.25) is 9.59 Å². The molecule has 0 radical (unpaired) electrons. The molecule has 1 aromatic heterocycles. The van der Waals surface area contributed by atoms with Crippen molar-refractivity contribution >= 4 is 11.7 Å². The third kappa shape index (κ3) is 3.84. The van der Waals surface area contributed by atoms with E-state index in [9.17, 15) is 27.9 Å². The van der Waals surface area contributed by atoms with E-state index in [4.69, 9.17) is 4.42 Å². The number of rotatable bonds is 5. The molecule has 0 bridgehead atoms. The van der Waals surface area contributed by atoms with Crippen molar-refractivity contribution in [1.29, 1.82) is 0 Å². The van der Waals surface area contributed by atoms with E-state index < -0.39 is 35.2 Å². The van der Waals surface area contributed by atoms with Crippen LogP contribution < -0.4 is 0 Å². The van der Waals surface area contributed by atoms with Crippen LogP contribution in [0.4, 0.5) is 13.2 Å². The molecule has 1 amide bonds. The first kappa shape index (κ1) is 20.5. The number of benzene rings is 2. The Morgan fingerprint density at radius 2 is 1.77 bits per heavy atom. The molecule has 0 saturated carbocycles. The number of carbonyl (C=O) groups is 2. The van der Waals surface area contributed by atoms with Crippen molar-refractivity contribution in [1.82, 2.24) is 4.90 Å². The summed E-state index contributed by atoms with van der Waals surface area (Å²) in [5.74, 6) is -2.32. The number of hydrogen-bond acceptors (Lipinski definition) is 4. The zero-order valence-corrected chi connectivity index (χ0v) is 16.0. The maximum absolute atomic E-state index is 13.1. The second-order valence-electron chi connectivity index (χ2n) is 7.01. The number of aliphatic hydroxyl groups is 1. The second kappa shape index (κ2) is 7.79. The summed E-state index contributed by atoms with van der Waals surface area (Å²) in [5, 5.41) is 10.5. The van der Waals surface area contributed by atoms with Crippen LogP contribution in [-0.2, 0) is 17.5 Å². The fourth-order valence-corrected chi connectivity index (χ4v) is 3.61. The molecule has 1 atom stereocenters. The molecule has 2 heterocycles. The van der Waals surface area contributed by atoms with Crippen LogP contribution in [0.2, 0.25) is 0 Å². The average Bonchev–Trinajstić information content (AvgIpc) is 3.37. The minimum absolute atomic E-state index is 0.0591. The number of aliphatic hydroxyl groups excluding tert-OH is 1. The Morgan fingerprint density at radius 1 is 1.03 bits per heavy atom. The summed E-state index contributed by atoms with van der Waals surface area (Å²) in [5.41, 5.74) is -0.291. The molecule has 8 heteroatoms. The number of halogens is 3. The minimum Gasteiger partial charge on any atom is -0.503 e. The fourth-order valence-electron chi connectivity index (χ4n) is 3.61. The predicted molar refractivity (Wildman–Crippen MR) is 104 cm³/mol. The van der Waals surface area contributed by atoms with Crippen LogP contribution in [0.5, 0.6) is 0 Å². The first-order chi connectivity index (χ1) is 14.8. The lowest BCUT2D eigenvalue weighted by molar-refractivity contribution is -0.137. The van der Waals surface area contributed by atoms with Gasteiger partial charge < -0.3 is 14.4 Å². The van der Waals surface area contributed by atoms with E-state index in [-0.39, 0.29) is 23.4 Å². The number of hydrogen-bond donors (Lipinski definition) is 1. The van der Waals surface area contributed by atoms with Gasteiger partial charge in [0, 0.05) is 6.54 Å². The van der Waals surface area contributed by atoms with E-state index in [1.54, 1.807) is 30.3 Å². The molecule has 1 N–H and O–H groups in total. The molecule has 3 aromatic rings. The molecule has 0 aliphatic carbocycles. The van der Waals surface area contributed by atoms with Gasteiger partial charge in [-0.05, 0) is 35.4 Å². The summed E-state index contributed by atoms with van der Waals surface area (Å²) in [6.45, 7) is -0.235. The van der Waals surface area contributed by atoms with Gasteiger partial charge in [0.1, 0.15) is 0 Å². The van der Waals surface area contributed by atoms with Gasteiger partial charge in [0.2, 0.25) is 5.78 Å². The third-order valence-electron chi connectivity index (χ3n) is 5.02. The lowest BCUT2D eigenvalue weighted by Gasteiger charge is -2.27. The maximum atomic E-state index is 13.1. The molecule has 0 spiro atoms. The van der Waals surface area contributed by atoms with Crippen molar-refractivity contribution < 1.29 is 32.3 Å². The van der Waals surface area contributed by atoms with Gasteiger partial charge in [-0.2, -0.15) is 13.2 Å². The molecule has 1 aliphatic heterocycles.